The highest BCUT2D eigenvalue weighted by molar-refractivity contribution is 9.10. The molecule has 0 aromatic carbocycles. The second-order valence-corrected chi connectivity index (χ2v) is 6.79. The lowest BCUT2D eigenvalue weighted by Crippen LogP contribution is -2.41. The lowest BCUT2D eigenvalue weighted by atomic mass is 9.70. The number of halogens is 3. The molecule has 4 atom stereocenters. The van der Waals surface area contributed by atoms with Gasteiger partial charge in [0, 0.05) is 16.1 Å². The van der Waals surface area contributed by atoms with Crippen LogP contribution in [0.4, 0.5) is 0 Å². The van der Waals surface area contributed by atoms with Crippen LogP contribution in [-0.4, -0.2) is 21.3 Å². The van der Waals surface area contributed by atoms with Crippen molar-refractivity contribution in [3.63, 3.8) is 0 Å². The quantitative estimate of drug-likeness (QED) is 0.661. The van der Waals surface area contributed by atoms with Crippen LogP contribution in [0.25, 0.3) is 0 Å². The fourth-order valence-corrected chi connectivity index (χ4v) is 6.63. The molecule has 2 aliphatic carbocycles. The van der Waals surface area contributed by atoms with Crippen LogP contribution >= 0.6 is 47.8 Å². The highest BCUT2D eigenvalue weighted by Gasteiger charge is 2.68. The Balaban J connectivity index is 2.50. The van der Waals surface area contributed by atoms with E-state index in [9.17, 15) is 4.79 Å². The average Bonchev–Trinajstić information content (AvgIpc) is 2.57. The van der Waals surface area contributed by atoms with Crippen LogP contribution in [0.3, 0.4) is 0 Å². The Morgan fingerprint density at radius 3 is 2.50 bits per heavy atom. The summed E-state index contributed by atoms with van der Waals surface area (Å²) in [7, 11) is 0. The van der Waals surface area contributed by atoms with Crippen molar-refractivity contribution in [3.05, 3.63) is 0 Å². The van der Waals surface area contributed by atoms with Gasteiger partial charge in [0.25, 0.3) is 0 Å². The maximum Gasteiger partial charge on any atom is 0.154 e. The summed E-state index contributed by atoms with van der Waals surface area (Å²) in [6.45, 7) is 2.25. The molecular weight excluding hydrogens is 376 g/mol. The summed E-state index contributed by atoms with van der Waals surface area (Å²) in [4.78, 5) is 12.3. The van der Waals surface area contributed by atoms with Gasteiger partial charge in [-0.2, -0.15) is 0 Å². The highest BCUT2D eigenvalue weighted by Crippen LogP contribution is 2.66. The average molecular weight is 389 g/mol. The van der Waals surface area contributed by atoms with E-state index in [1.165, 1.54) is 6.42 Å². The summed E-state index contributed by atoms with van der Waals surface area (Å²) in [6.07, 6.45) is 2.22. The molecule has 80 valence electrons. The van der Waals surface area contributed by atoms with Crippen molar-refractivity contribution in [2.45, 2.75) is 24.6 Å². The van der Waals surface area contributed by atoms with Crippen LogP contribution in [0.2, 0.25) is 0 Å². The first-order chi connectivity index (χ1) is 6.53. The van der Waals surface area contributed by atoms with E-state index in [-0.39, 0.29) is 15.7 Å². The van der Waals surface area contributed by atoms with Crippen molar-refractivity contribution in [2.24, 2.45) is 16.7 Å². The van der Waals surface area contributed by atoms with Gasteiger partial charge < -0.3 is 0 Å². The third-order valence-corrected chi connectivity index (χ3v) is 7.55. The molecule has 2 aliphatic rings. The minimum absolute atomic E-state index is 0.0800. The van der Waals surface area contributed by atoms with E-state index in [0.717, 1.165) is 17.1 Å². The molecule has 4 heteroatoms. The Hall–Kier alpha value is 1.11. The Morgan fingerprint density at radius 2 is 2.07 bits per heavy atom. The molecule has 0 amide bonds. The van der Waals surface area contributed by atoms with Crippen LogP contribution in [-0.2, 0) is 4.79 Å². The maximum absolute atomic E-state index is 12.2. The molecule has 1 nitrogen and oxygen atoms in total. The smallest absolute Gasteiger partial charge is 0.154 e. The van der Waals surface area contributed by atoms with E-state index in [0.29, 0.717) is 11.7 Å². The molecule has 0 N–H and O–H groups in total. The summed E-state index contributed by atoms with van der Waals surface area (Å²) in [6, 6.07) is 0. The Kier molecular flexibility index (Phi) is 2.95. The minimum Gasteiger partial charge on any atom is -0.298 e. The van der Waals surface area contributed by atoms with Gasteiger partial charge in [-0.1, -0.05) is 54.7 Å². The standard InChI is InChI=1S/C10H13Br3O/c1-9(4-11)6-2-3-10(9,5-12)8(14)7(6)13/h6-7H,2-5H2,1H3/t6-,7+,9?,10-/m0/s1. The molecule has 0 aromatic rings. The van der Waals surface area contributed by atoms with Crippen LogP contribution in [0, 0.1) is 16.7 Å². The summed E-state index contributed by atoms with van der Waals surface area (Å²) >= 11 is 10.7. The molecule has 2 fully saturated rings. The number of hydrogen-bond acceptors (Lipinski definition) is 1. The van der Waals surface area contributed by atoms with E-state index < -0.39 is 0 Å². The Morgan fingerprint density at radius 1 is 1.43 bits per heavy atom. The second-order valence-electron chi connectivity index (χ2n) is 4.68. The van der Waals surface area contributed by atoms with Gasteiger partial charge in [0.1, 0.15) is 0 Å². The molecule has 0 aliphatic heterocycles. The molecule has 2 saturated carbocycles. The molecule has 0 heterocycles. The number of Topliss-reactive ketones (excluding diaryl/α,β-unsaturated/α-hetero) is 1. The van der Waals surface area contributed by atoms with Crippen molar-refractivity contribution in [2.75, 3.05) is 10.7 Å². The number of fused-ring (bicyclic) bond motifs is 2. The summed E-state index contributed by atoms with van der Waals surface area (Å²) in [5.74, 6) is 0.916. The second kappa shape index (κ2) is 3.56. The fourth-order valence-electron chi connectivity index (χ4n) is 3.19. The SMILES string of the molecule is CC1(CBr)[C@H]2CC[C@]1(CBr)C(=O)[C@@H]2Br. The van der Waals surface area contributed by atoms with Gasteiger partial charge in [0.15, 0.2) is 5.78 Å². The molecular formula is C10H13Br3O. The molecule has 0 radical (unpaired) electrons. The molecule has 0 spiro atoms. The summed E-state index contributed by atoms with van der Waals surface area (Å²) in [5.41, 5.74) is -0.00289. The van der Waals surface area contributed by atoms with E-state index in [2.05, 4.69) is 54.7 Å². The molecule has 1 unspecified atom stereocenters. The van der Waals surface area contributed by atoms with Crippen LogP contribution in [0.15, 0.2) is 0 Å². The van der Waals surface area contributed by atoms with E-state index in [1.807, 2.05) is 0 Å². The lowest BCUT2D eigenvalue weighted by molar-refractivity contribution is -0.127. The topological polar surface area (TPSA) is 17.1 Å². The lowest BCUT2D eigenvalue weighted by Gasteiger charge is -2.36. The zero-order valence-corrected chi connectivity index (χ0v) is 12.8. The van der Waals surface area contributed by atoms with Crippen molar-refractivity contribution in [1.29, 1.82) is 0 Å². The van der Waals surface area contributed by atoms with Gasteiger partial charge in [0.05, 0.1) is 4.83 Å². The third-order valence-electron chi connectivity index (χ3n) is 4.37. The van der Waals surface area contributed by atoms with Gasteiger partial charge in [-0.3, -0.25) is 4.79 Å². The van der Waals surface area contributed by atoms with E-state index in [1.54, 1.807) is 0 Å². The Bertz CT molecular complexity index is 281. The van der Waals surface area contributed by atoms with Gasteiger partial charge in [0.2, 0.25) is 0 Å². The van der Waals surface area contributed by atoms with Crippen molar-refractivity contribution in [3.8, 4) is 0 Å². The number of alkyl halides is 3. The summed E-state index contributed by atoms with van der Waals surface area (Å²) < 4.78 is 0. The molecule has 14 heavy (non-hydrogen) atoms. The molecule has 2 rings (SSSR count). The van der Waals surface area contributed by atoms with Crippen molar-refractivity contribution < 1.29 is 4.79 Å². The number of carbonyl (C=O) groups is 1. The summed E-state index contributed by atoms with van der Waals surface area (Å²) in [5, 5.41) is 1.73. The van der Waals surface area contributed by atoms with E-state index >= 15 is 0 Å². The van der Waals surface area contributed by atoms with E-state index in [4.69, 9.17) is 0 Å². The normalized spacial score (nSPS) is 51.6. The maximum atomic E-state index is 12.2. The molecule has 0 aromatic heterocycles. The highest BCUT2D eigenvalue weighted by atomic mass is 79.9. The van der Waals surface area contributed by atoms with Gasteiger partial charge in [-0.05, 0) is 24.2 Å². The third kappa shape index (κ3) is 1.08. The van der Waals surface area contributed by atoms with Crippen molar-refractivity contribution in [1.82, 2.24) is 0 Å². The van der Waals surface area contributed by atoms with Gasteiger partial charge in [-0.15, -0.1) is 0 Å². The number of carbonyl (C=O) groups excluding carboxylic acids is 1. The number of hydrogen-bond donors (Lipinski definition) is 0. The van der Waals surface area contributed by atoms with Gasteiger partial charge in [-0.25, -0.2) is 0 Å². The Labute approximate surface area is 110 Å². The van der Waals surface area contributed by atoms with Crippen molar-refractivity contribution >= 4 is 53.6 Å². The van der Waals surface area contributed by atoms with Crippen LogP contribution < -0.4 is 0 Å². The molecule has 0 saturated heterocycles. The minimum atomic E-state index is -0.130. The zero-order chi connectivity index (χ0) is 10.6. The number of ketones is 1. The van der Waals surface area contributed by atoms with Crippen LogP contribution in [0.1, 0.15) is 19.8 Å². The first-order valence-corrected chi connectivity index (χ1v) is 8.00. The largest absolute Gasteiger partial charge is 0.298 e. The monoisotopic (exact) mass is 386 g/mol. The van der Waals surface area contributed by atoms with Crippen LogP contribution in [0.5, 0.6) is 0 Å². The number of rotatable bonds is 2. The predicted octanol–water partition coefficient (Wildman–Crippen LogP) is 3.53. The fraction of sp³-hybridized carbons (Fsp3) is 0.900. The predicted molar refractivity (Wildman–Crippen MR) is 68.6 cm³/mol. The van der Waals surface area contributed by atoms with Gasteiger partial charge >= 0.3 is 0 Å². The molecule has 2 bridgehead atoms. The zero-order valence-electron chi connectivity index (χ0n) is 8.03. The first kappa shape index (κ1) is 11.6. The first-order valence-electron chi connectivity index (χ1n) is 4.84.